The first kappa shape index (κ1) is 14.5. The van der Waals surface area contributed by atoms with Crippen molar-refractivity contribution >= 4 is 15.7 Å². The lowest BCUT2D eigenvalue weighted by atomic mass is 10.1. The molecule has 22 heavy (non-hydrogen) atoms. The predicted molar refractivity (Wildman–Crippen MR) is 85.3 cm³/mol. The predicted octanol–water partition coefficient (Wildman–Crippen LogP) is 3.83. The summed E-state index contributed by atoms with van der Waals surface area (Å²) in [5.74, 6) is 0.363. The van der Waals surface area contributed by atoms with E-state index in [0.717, 1.165) is 11.1 Å². The second-order valence-corrected chi connectivity index (χ2v) is 7.22. The van der Waals surface area contributed by atoms with Crippen molar-refractivity contribution in [3.05, 3.63) is 60.2 Å². The van der Waals surface area contributed by atoms with Crippen LogP contribution in [0.2, 0.25) is 0 Å². The Morgan fingerprint density at radius 1 is 1.00 bits per heavy atom. The van der Waals surface area contributed by atoms with Gasteiger partial charge in [-0.15, -0.1) is 9.46 Å². The molecule has 0 aliphatic heterocycles. The van der Waals surface area contributed by atoms with Crippen LogP contribution >= 0.6 is 0 Å². The van der Waals surface area contributed by atoms with Gasteiger partial charge in [-0.25, -0.2) is 4.21 Å². The number of benzene rings is 2. The van der Waals surface area contributed by atoms with E-state index in [0.29, 0.717) is 10.8 Å². The van der Waals surface area contributed by atoms with Crippen LogP contribution in [0.25, 0.3) is 11.5 Å². The van der Waals surface area contributed by atoms with Crippen molar-refractivity contribution in [1.29, 1.82) is 0 Å². The minimum Gasteiger partial charge on any atom is -0.401 e. The molecule has 0 saturated heterocycles. The minimum absolute atomic E-state index is 0.0203. The Bertz CT molecular complexity index is 893. The Morgan fingerprint density at radius 2 is 1.68 bits per heavy atom. The van der Waals surface area contributed by atoms with Crippen LogP contribution in [0.3, 0.4) is 0 Å². The van der Waals surface area contributed by atoms with Crippen LogP contribution in [-0.2, 0) is 9.73 Å². The quantitative estimate of drug-likeness (QED) is 0.737. The third-order valence-electron chi connectivity index (χ3n) is 3.15. The van der Waals surface area contributed by atoms with Gasteiger partial charge >= 0.3 is 6.01 Å². The Labute approximate surface area is 129 Å². The summed E-state index contributed by atoms with van der Waals surface area (Å²) in [6, 6.07) is 16.8. The lowest BCUT2D eigenvalue weighted by Crippen LogP contribution is -1.96. The summed E-state index contributed by atoms with van der Waals surface area (Å²) in [4.78, 5) is 0.630. The van der Waals surface area contributed by atoms with Crippen LogP contribution in [0.1, 0.15) is 5.56 Å². The molecule has 1 atom stereocenters. The van der Waals surface area contributed by atoms with Crippen LogP contribution in [0.4, 0.5) is 6.01 Å². The molecule has 0 radical (unpaired) electrons. The summed E-state index contributed by atoms with van der Waals surface area (Å²) in [7, 11) is -2.61. The van der Waals surface area contributed by atoms with Gasteiger partial charge in [0.25, 0.3) is 0 Å². The maximum atomic E-state index is 12.7. The van der Waals surface area contributed by atoms with E-state index >= 15 is 0 Å². The second-order valence-electron chi connectivity index (χ2n) is 4.96. The maximum absolute atomic E-state index is 12.7. The molecule has 0 bridgehead atoms. The standard InChI is InChI=1S/C16H15N3O2S/c1-12-8-10-13(11-9-12)15-17-18-16(21-15)19-22(2,20)14-6-4-3-5-7-14/h3-11H,1-2H3. The fourth-order valence-electron chi connectivity index (χ4n) is 1.94. The van der Waals surface area contributed by atoms with Gasteiger partial charge in [0.05, 0.1) is 9.73 Å². The van der Waals surface area contributed by atoms with Crippen LogP contribution in [0.15, 0.2) is 68.3 Å². The summed E-state index contributed by atoms with van der Waals surface area (Å²) >= 11 is 0. The normalized spacial score (nSPS) is 13.5. The van der Waals surface area contributed by atoms with E-state index in [1.165, 1.54) is 0 Å². The molecule has 0 saturated carbocycles. The average molecular weight is 313 g/mol. The first-order chi connectivity index (χ1) is 10.5. The Hall–Kier alpha value is -2.47. The van der Waals surface area contributed by atoms with Crippen molar-refractivity contribution in [3.63, 3.8) is 0 Å². The molecule has 5 nitrogen and oxygen atoms in total. The van der Waals surface area contributed by atoms with E-state index in [9.17, 15) is 4.21 Å². The highest BCUT2D eigenvalue weighted by Crippen LogP contribution is 2.23. The van der Waals surface area contributed by atoms with Crippen LogP contribution in [0, 0.1) is 6.92 Å². The number of rotatable bonds is 3. The molecular formula is C16H15N3O2S. The zero-order chi connectivity index (χ0) is 15.6. The largest absolute Gasteiger partial charge is 0.401 e. The number of hydrogen-bond donors (Lipinski definition) is 0. The molecule has 3 rings (SSSR count). The summed E-state index contributed by atoms with van der Waals surface area (Å²) < 4.78 is 22.3. The first-order valence-corrected chi connectivity index (χ1v) is 8.65. The molecule has 3 aromatic rings. The average Bonchev–Trinajstić information content (AvgIpc) is 2.97. The Kier molecular flexibility index (Phi) is 3.77. The molecule has 2 aromatic carbocycles. The topological polar surface area (TPSA) is 68.3 Å². The van der Waals surface area contributed by atoms with E-state index in [4.69, 9.17) is 4.42 Å². The molecule has 1 unspecified atom stereocenters. The minimum atomic E-state index is -2.61. The van der Waals surface area contributed by atoms with Crippen molar-refractivity contribution in [1.82, 2.24) is 10.2 Å². The fraction of sp³-hybridized carbons (Fsp3) is 0.125. The molecule has 0 N–H and O–H groups in total. The van der Waals surface area contributed by atoms with E-state index in [1.807, 2.05) is 49.4 Å². The van der Waals surface area contributed by atoms with Crippen LogP contribution < -0.4 is 0 Å². The zero-order valence-electron chi connectivity index (χ0n) is 12.3. The SMILES string of the molecule is Cc1ccc(-c2nnc(N=S(C)(=O)c3ccccc3)o2)cc1. The first-order valence-electron chi connectivity index (χ1n) is 6.72. The number of nitrogens with zero attached hydrogens (tertiary/aromatic N) is 3. The summed E-state index contributed by atoms with van der Waals surface area (Å²) in [6.45, 7) is 2.00. The molecule has 6 heteroatoms. The van der Waals surface area contributed by atoms with E-state index in [2.05, 4.69) is 14.6 Å². The zero-order valence-corrected chi connectivity index (χ0v) is 13.1. The van der Waals surface area contributed by atoms with Gasteiger partial charge in [-0.05, 0) is 31.2 Å². The van der Waals surface area contributed by atoms with Gasteiger partial charge < -0.3 is 4.42 Å². The highest BCUT2D eigenvalue weighted by molar-refractivity contribution is 7.93. The smallest absolute Gasteiger partial charge is 0.351 e. The highest BCUT2D eigenvalue weighted by Gasteiger charge is 2.11. The van der Waals surface area contributed by atoms with Gasteiger partial charge in [0, 0.05) is 16.7 Å². The van der Waals surface area contributed by atoms with Crippen molar-refractivity contribution < 1.29 is 8.63 Å². The molecule has 0 spiro atoms. The van der Waals surface area contributed by atoms with E-state index in [1.54, 1.807) is 18.4 Å². The molecule has 0 aliphatic rings. The van der Waals surface area contributed by atoms with Crippen molar-refractivity contribution in [2.24, 2.45) is 4.36 Å². The number of hydrogen-bond acceptors (Lipinski definition) is 5. The monoisotopic (exact) mass is 313 g/mol. The Balaban J connectivity index is 1.96. The van der Waals surface area contributed by atoms with E-state index < -0.39 is 9.73 Å². The van der Waals surface area contributed by atoms with Gasteiger partial charge in [0.15, 0.2) is 0 Å². The lowest BCUT2D eigenvalue weighted by molar-refractivity contribution is 0.579. The molecule has 0 fully saturated rings. The highest BCUT2D eigenvalue weighted by atomic mass is 32.2. The molecule has 112 valence electrons. The summed E-state index contributed by atoms with van der Waals surface area (Å²) in [6.07, 6.45) is 1.55. The van der Waals surface area contributed by atoms with Gasteiger partial charge in [-0.3, -0.25) is 0 Å². The Morgan fingerprint density at radius 3 is 2.36 bits per heavy atom. The van der Waals surface area contributed by atoms with Crippen molar-refractivity contribution in [2.75, 3.05) is 6.26 Å². The number of aryl methyl sites for hydroxylation is 1. The van der Waals surface area contributed by atoms with Crippen molar-refractivity contribution in [3.8, 4) is 11.5 Å². The fourth-order valence-corrected chi connectivity index (χ4v) is 3.08. The van der Waals surface area contributed by atoms with Crippen LogP contribution in [0.5, 0.6) is 0 Å². The summed E-state index contributed by atoms with van der Waals surface area (Å²) in [5.41, 5.74) is 1.95. The lowest BCUT2D eigenvalue weighted by Gasteiger charge is -2.01. The maximum Gasteiger partial charge on any atom is 0.351 e. The van der Waals surface area contributed by atoms with E-state index in [-0.39, 0.29) is 6.01 Å². The second kappa shape index (κ2) is 5.73. The third kappa shape index (κ3) is 3.07. The van der Waals surface area contributed by atoms with Gasteiger partial charge in [-0.2, -0.15) is 0 Å². The van der Waals surface area contributed by atoms with Gasteiger partial charge in [0.1, 0.15) is 0 Å². The molecule has 0 aliphatic carbocycles. The van der Waals surface area contributed by atoms with Gasteiger partial charge in [0.2, 0.25) is 5.89 Å². The van der Waals surface area contributed by atoms with Crippen LogP contribution in [-0.4, -0.2) is 20.7 Å². The molecular weight excluding hydrogens is 298 g/mol. The molecule has 1 aromatic heterocycles. The molecule has 0 amide bonds. The molecule has 1 heterocycles. The summed E-state index contributed by atoms with van der Waals surface area (Å²) in [5, 5.41) is 7.82. The van der Waals surface area contributed by atoms with Crippen molar-refractivity contribution in [2.45, 2.75) is 11.8 Å². The third-order valence-corrected chi connectivity index (χ3v) is 4.80. The van der Waals surface area contributed by atoms with Gasteiger partial charge in [-0.1, -0.05) is 41.0 Å². The number of aromatic nitrogens is 2.